The fourth-order valence-corrected chi connectivity index (χ4v) is 2.98. The van der Waals surface area contributed by atoms with Crippen LogP contribution in [0.5, 0.6) is 0 Å². The molecule has 104 valence electrons. The van der Waals surface area contributed by atoms with Crippen LogP contribution in [0, 0.1) is 11.8 Å². The van der Waals surface area contributed by atoms with Crippen molar-refractivity contribution in [2.45, 2.75) is 51.7 Å². The van der Waals surface area contributed by atoms with Crippen molar-refractivity contribution >= 4 is 5.91 Å². The molecule has 4 heteroatoms. The predicted molar refractivity (Wildman–Crippen MR) is 69.1 cm³/mol. The van der Waals surface area contributed by atoms with Gasteiger partial charge in [-0.2, -0.15) is 0 Å². The quantitative estimate of drug-likeness (QED) is 0.812. The fraction of sp³-hybridized carbons (Fsp3) is 0.929. The Kier molecular flexibility index (Phi) is 4.62. The molecule has 2 unspecified atom stereocenters. The molecule has 0 spiro atoms. The zero-order valence-electron chi connectivity index (χ0n) is 11.5. The Morgan fingerprint density at radius 1 is 1.28 bits per heavy atom. The fourth-order valence-electron chi connectivity index (χ4n) is 2.98. The number of carbonyl (C=O) groups is 1. The van der Waals surface area contributed by atoms with E-state index in [2.05, 4.69) is 6.92 Å². The highest BCUT2D eigenvalue weighted by Crippen LogP contribution is 2.30. The summed E-state index contributed by atoms with van der Waals surface area (Å²) in [6.07, 6.45) is 4.17. The van der Waals surface area contributed by atoms with Gasteiger partial charge in [-0.15, -0.1) is 0 Å². The second-order valence-electron chi connectivity index (χ2n) is 5.93. The van der Waals surface area contributed by atoms with Crippen molar-refractivity contribution in [2.75, 3.05) is 19.8 Å². The average molecular weight is 255 g/mol. The molecule has 1 N–H and O–H groups in total. The van der Waals surface area contributed by atoms with Gasteiger partial charge in [-0.1, -0.05) is 6.92 Å². The number of ether oxygens (including phenoxy) is 1. The third kappa shape index (κ3) is 3.04. The zero-order valence-corrected chi connectivity index (χ0v) is 11.5. The van der Waals surface area contributed by atoms with Gasteiger partial charge in [0.15, 0.2) is 0 Å². The molecule has 2 aliphatic rings. The second-order valence-corrected chi connectivity index (χ2v) is 5.93. The highest BCUT2D eigenvalue weighted by molar-refractivity contribution is 5.79. The number of carbonyl (C=O) groups excluding carboxylic acids is 1. The molecule has 1 amide bonds. The summed E-state index contributed by atoms with van der Waals surface area (Å²) >= 11 is 0. The first kappa shape index (κ1) is 13.8. The molecule has 1 saturated carbocycles. The first-order valence-electron chi connectivity index (χ1n) is 7.14. The first-order valence-corrected chi connectivity index (χ1v) is 7.14. The number of amides is 1. The largest absolute Gasteiger partial charge is 0.394 e. The van der Waals surface area contributed by atoms with Gasteiger partial charge in [0.2, 0.25) is 5.91 Å². The molecule has 4 nitrogen and oxygen atoms in total. The zero-order chi connectivity index (χ0) is 13.1. The number of morpholine rings is 1. The van der Waals surface area contributed by atoms with Gasteiger partial charge in [0.05, 0.1) is 25.4 Å². The molecule has 1 aliphatic heterocycles. The van der Waals surface area contributed by atoms with Gasteiger partial charge in [0.25, 0.3) is 0 Å². The van der Waals surface area contributed by atoms with Crippen LogP contribution in [0.4, 0.5) is 0 Å². The van der Waals surface area contributed by atoms with Crippen LogP contribution >= 0.6 is 0 Å². The lowest BCUT2D eigenvalue weighted by Crippen LogP contribution is -2.53. The van der Waals surface area contributed by atoms with E-state index in [0.29, 0.717) is 13.2 Å². The number of rotatable bonds is 2. The van der Waals surface area contributed by atoms with Gasteiger partial charge in [0, 0.05) is 12.5 Å². The molecule has 2 atom stereocenters. The lowest BCUT2D eigenvalue weighted by Gasteiger charge is -2.40. The molecular formula is C14H25NO3. The molecule has 0 aromatic heterocycles. The van der Waals surface area contributed by atoms with Crippen LogP contribution < -0.4 is 0 Å². The Morgan fingerprint density at radius 3 is 2.56 bits per heavy atom. The summed E-state index contributed by atoms with van der Waals surface area (Å²) < 4.78 is 5.48. The topological polar surface area (TPSA) is 49.8 Å². The maximum absolute atomic E-state index is 12.5. The summed E-state index contributed by atoms with van der Waals surface area (Å²) in [5.41, 5.74) is 0. The van der Waals surface area contributed by atoms with E-state index in [4.69, 9.17) is 9.84 Å². The van der Waals surface area contributed by atoms with Crippen molar-refractivity contribution in [3.05, 3.63) is 0 Å². The molecule has 2 rings (SSSR count). The van der Waals surface area contributed by atoms with Gasteiger partial charge in [-0.05, 0) is 38.5 Å². The molecule has 2 fully saturated rings. The Bertz CT molecular complexity index is 287. The average Bonchev–Trinajstić information content (AvgIpc) is 2.39. The van der Waals surface area contributed by atoms with Gasteiger partial charge >= 0.3 is 0 Å². The Hall–Kier alpha value is -0.610. The maximum Gasteiger partial charge on any atom is 0.226 e. The lowest BCUT2D eigenvalue weighted by atomic mass is 9.82. The van der Waals surface area contributed by atoms with E-state index in [1.165, 1.54) is 12.8 Å². The number of nitrogens with zero attached hydrogens (tertiary/aromatic N) is 1. The van der Waals surface area contributed by atoms with Gasteiger partial charge in [-0.3, -0.25) is 4.79 Å². The summed E-state index contributed by atoms with van der Waals surface area (Å²) in [6.45, 7) is 5.37. The minimum atomic E-state index is -0.201. The van der Waals surface area contributed by atoms with Crippen LogP contribution in [-0.4, -0.2) is 47.8 Å². The first-order chi connectivity index (χ1) is 8.61. The van der Waals surface area contributed by atoms with E-state index < -0.39 is 0 Å². The number of aliphatic hydroxyl groups is 1. The molecule has 18 heavy (non-hydrogen) atoms. The third-order valence-corrected chi connectivity index (χ3v) is 4.36. The van der Waals surface area contributed by atoms with Gasteiger partial charge < -0.3 is 14.7 Å². The summed E-state index contributed by atoms with van der Waals surface area (Å²) in [7, 11) is 0. The summed E-state index contributed by atoms with van der Waals surface area (Å²) in [5.74, 6) is 1.23. The van der Waals surface area contributed by atoms with E-state index in [-0.39, 0.29) is 30.6 Å². The lowest BCUT2D eigenvalue weighted by molar-refractivity contribution is -0.151. The summed E-state index contributed by atoms with van der Waals surface area (Å²) in [6, 6.07) is 0.139. The van der Waals surface area contributed by atoms with Crippen molar-refractivity contribution in [3.8, 4) is 0 Å². The molecule has 0 aromatic carbocycles. The van der Waals surface area contributed by atoms with E-state index >= 15 is 0 Å². The van der Waals surface area contributed by atoms with Crippen molar-refractivity contribution in [1.82, 2.24) is 4.90 Å². The summed E-state index contributed by atoms with van der Waals surface area (Å²) in [5, 5.41) is 9.16. The van der Waals surface area contributed by atoms with Crippen molar-refractivity contribution < 1.29 is 14.6 Å². The van der Waals surface area contributed by atoms with E-state index in [1.807, 2.05) is 11.8 Å². The third-order valence-electron chi connectivity index (χ3n) is 4.36. The monoisotopic (exact) mass is 255 g/mol. The molecule has 0 radical (unpaired) electrons. The Labute approximate surface area is 109 Å². The minimum Gasteiger partial charge on any atom is -0.394 e. The Morgan fingerprint density at radius 2 is 1.94 bits per heavy atom. The Balaban J connectivity index is 1.94. The number of hydrogen-bond donors (Lipinski definition) is 1. The SMILES string of the molecule is CC1CCC(C(=O)N2CC(CO)OCC2C)CC1. The van der Waals surface area contributed by atoms with Crippen LogP contribution in [-0.2, 0) is 9.53 Å². The van der Waals surface area contributed by atoms with E-state index in [1.54, 1.807) is 0 Å². The molecule has 1 aliphatic carbocycles. The molecule has 1 heterocycles. The van der Waals surface area contributed by atoms with E-state index in [9.17, 15) is 4.79 Å². The van der Waals surface area contributed by atoms with Gasteiger partial charge in [0.1, 0.15) is 0 Å². The number of aliphatic hydroxyl groups excluding tert-OH is 1. The van der Waals surface area contributed by atoms with Crippen LogP contribution in [0.15, 0.2) is 0 Å². The normalized spacial score (nSPS) is 37.6. The predicted octanol–water partition coefficient (Wildman–Crippen LogP) is 1.42. The van der Waals surface area contributed by atoms with Crippen molar-refractivity contribution in [1.29, 1.82) is 0 Å². The molecule has 0 aromatic rings. The maximum atomic E-state index is 12.5. The van der Waals surface area contributed by atoms with Crippen LogP contribution in [0.1, 0.15) is 39.5 Å². The van der Waals surface area contributed by atoms with Crippen molar-refractivity contribution in [3.63, 3.8) is 0 Å². The van der Waals surface area contributed by atoms with Crippen LogP contribution in [0.3, 0.4) is 0 Å². The van der Waals surface area contributed by atoms with Gasteiger partial charge in [-0.25, -0.2) is 0 Å². The highest BCUT2D eigenvalue weighted by Gasteiger charge is 2.34. The van der Waals surface area contributed by atoms with Crippen LogP contribution in [0.2, 0.25) is 0 Å². The summed E-state index contributed by atoms with van der Waals surface area (Å²) in [4.78, 5) is 14.4. The minimum absolute atomic E-state index is 0.00178. The highest BCUT2D eigenvalue weighted by atomic mass is 16.5. The van der Waals surface area contributed by atoms with Crippen molar-refractivity contribution in [2.24, 2.45) is 11.8 Å². The number of hydrogen-bond acceptors (Lipinski definition) is 3. The van der Waals surface area contributed by atoms with E-state index in [0.717, 1.165) is 18.8 Å². The smallest absolute Gasteiger partial charge is 0.226 e. The molecule has 0 bridgehead atoms. The molecular weight excluding hydrogens is 230 g/mol. The second kappa shape index (κ2) is 6.02. The van der Waals surface area contributed by atoms with Crippen LogP contribution in [0.25, 0.3) is 0 Å². The molecule has 1 saturated heterocycles. The standard InChI is InChI=1S/C14H25NO3/c1-10-3-5-12(6-4-10)14(17)15-7-13(8-16)18-9-11(15)2/h10-13,16H,3-9H2,1-2H3.